The van der Waals surface area contributed by atoms with Crippen LogP contribution in [0.25, 0.3) is 10.9 Å². The molecule has 1 aromatic carbocycles. The maximum atomic E-state index is 11.0. The highest BCUT2D eigenvalue weighted by Crippen LogP contribution is 2.26. The average molecular weight is 264 g/mol. The van der Waals surface area contributed by atoms with Crippen LogP contribution in [0.15, 0.2) is 18.2 Å². The SMILES string of the molecule is NC(=O)N(N)c1ccc2[nH]nc(N(N)C(N)=O)c2c1. The summed E-state index contributed by atoms with van der Waals surface area (Å²) in [4.78, 5) is 22.0. The third kappa shape index (κ3) is 2.12. The predicted molar refractivity (Wildman–Crippen MR) is 68.6 cm³/mol. The number of hydrogen-bond donors (Lipinski definition) is 5. The summed E-state index contributed by atoms with van der Waals surface area (Å²) in [5.41, 5.74) is 11.0. The monoisotopic (exact) mass is 264 g/mol. The molecule has 4 amide bonds. The van der Waals surface area contributed by atoms with E-state index in [0.29, 0.717) is 21.6 Å². The maximum Gasteiger partial charge on any atom is 0.335 e. The third-order valence-electron chi connectivity index (χ3n) is 2.51. The molecule has 19 heavy (non-hydrogen) atoms. The normalized spacial score (nSPS) is 10.4. The van der Waals surface area contributed by atoms with Crippen molar-refractivity contribution in [2.75, 3.05) is 10.0 Å². The van der Waals surface area contributed by atoms with Crippen LogP contribution in [0.4, 0.5) is 21.1 Å². The average Bonchev–Trinajstić information content (AvgIpc) is 2.79. The van der Waals surface area contributed by atoms with Crippen LogP contribution in [0.1, 0.15) is 0 Å². The first kappa shape index (κ1) is 12.6. The van der Waals surface area contributed by atoms with E-state index in [9.17, 15) is 9.59 Å². The number of fused-ring (bicyclic) bond motifs is 1. The van der Waals surface area contributed by atoms with E-state index in [-0.39, 0.29) is 5.82 Å². The van der Waals surface area contributed by atoms with Crippen LogP contribution >= 0.6 is 0 Å². The van der Waals surface area contributed by atoms with Crippen molar-refractivity contribution in [3.05, 3.63) is 18.2 Å². The van der Waals surface area contributed by atoms with Gasteiger partial charge in [0, 0.05) is 5.39 Å². The van der Waals surface area contributed by atoms with Crippen LogP contribution in [-0.4, -0.2) is 22.3 Å². The molecule has 0 atom stereocenters. The van der Waals surface area contributed by atoms with Crippen LogP contribution in [0.5, 0.6) is 0 Å². The van der Waals surface area contributed by atoms with Crippen molar-refractivity contribution in [1.29, 1.82) is 0 Å². The summed E-state index contributed by atoms with van der Waals surface area (Å²) in [6.07, 6.45) is 0. The van der Waals surface area contributed by atoms with Gasteiger partial charge in [-0.1, -0.05) is 0 Å². The summed E-state index contributed by atoms with van der Waals surface area (Å²) < 4.78 is 0. The lowest BCUT2D eigenvalue weighted by molar-refractivity contribution is 0.253. The number of benzene rings is 1. The molecule has 0 fully saturated rings. The Morgan fingerprint density at radius 2 is 1.74 bits per heavy atom. The van der Waals surface area contributed by atoms with Crippen molar-refractivity contribution < 1.29 is 9.59 Å². The minimum atomic E-state index is -0.877. The standard InChI is InChI=1S/C9H12N8O2/c10-8(18)16(12)4-1-2-6-5(3-4)7(15-14-6)17(13)9(11)19/h1-3H,12-13H2,(H2,10,18)(H2,11,19)(H,14,15). The smallest absolute Gasteiger partial charge is 0.335 e. The summed E-state index contributed by atoms with van der Waals surface area (Å²) in [5.74, 6) is 11.1. The summed E-state index contributed by atoms with van der Waals surface area (Å²) in [7, 11) is 0. The van der Waals surface area contributed by atoms with Crippen molar-refractivity contribution in [2.24, 2.45) is 23.2 Å². The van der Waals surface area contributed by atoms with Gasteiger partial charge in [-0.25, -0.2) is 31.3 Å². The molecular formula is C9H12N8O2. The largest absolute Gasteiger partial charge is 0.350 e. The van der Waals surface area contributed by atoms with Crippen molar-refractivity contribution >= 4 is 34.5 Å². The zero-order valence-corrected chi connectivity index (χ0v) is 9.70. The number of amides is 4. The number of aromatic amines is 1. The van der Waals surface area contributed by atoms with Gasteiger partial charge in [-0.3, -0.25) is 5.10 Å². The summed E-state index contributed by atoms with van der Waals surface area (Å²) in [6.45, 7) is 0. The molecule has 0 aliphatic rings. The zero-order chi connectivity index (χ0) is 14.2. The molecule has 0 unspecified atom stereocenters. The first-order valence-electron chi connectivity index (χ1n) is 5.08. The molecule has 0 saturated heterocycles. The number of aromatic nitrogens is 2. The predicted octanol–water partition coefficient (Wildman–Crippen LogP) is -0.920. The molecule has 9 N–H and O–H groups in total. The second-order valence-electron chi connectivity index (χ2n) is 3.69. The van der Waals surface area contributed by atoms with E-state index in [1.165, 1.54) is 6.07 Å². The van der Waals surface area contributed by atoms with Crippen molar-refractivity contribution in [2.45, 2.75) is 0 Å². The van der Waals surface area contributed by atoms with Gasteiger partial charge in [0.1, 0.15) is 0 Å². The van der Waals surface area contributed by atoms with E-state index in [2.05, 4.69) is 10.2 Å². The molecule has 1 aromatic heterocycles. The maximum absolute atomic E-state index is 11.0. The topological polar surface area (TPSA) is 173 Å². The Labute approximate surface area is 106 Å². The number of urea groups is 2. The molecule has 0 saturated carbocycles. The fraction of sp³-hybridized carbons (Fsp3) is 0. The van der Waals surface area contributed by atoms with Crippen LogP contribution in [-0.2, 0) is 0 Å². The molecule has 0 radical (unpaired) electrons. The van der Waals surface area contributed by atoms with Gasteiger partial charge in [-0.05, 0) is 18.2 Å². The molecule has 0 bridgehead atoms. The van der Waals surface area contributed by atoms with E-state index in [1.807, 2.05) is 0 Å². The Bertz CT molecular complexity index is 651. The molecular weight excluding hydrogens is 252 g/mol. The second kappa shape index (κ2) is 4.44. The fourth-order valence-corrected chi connectivity index (χ4v) is 1.55. The number of hydrogen-bond acceptors (Lipinski definition) is 5. The first-order chi connectivity index (χ1) is 8.91. The number of hydrazine groups is 2. The molecule has 1 heterocycles. The first-order valence-corrected chi connectivity index (χ1v) is 5.08. The van der Waals surface area contributed by atoms with Crippen molar-refractivity contribution in [3.63, 3.8) is 0 Å². The van der Waals surface area contributed by atoms with Crippen LogP contribution in [0.3, 0.4) is 0 Å². The third-order valence-corrected chi connectivity index (χ3v) is 2.51. The molecule has 0 aliphatic heterocycles. The van der Waals surface area contributed by atoms with Gasteiger partial charge < -0.3 is 11.5 Å². The Balaban J connectivity index is 2.54. The van der Waals surface area contributed by atoms with Gasteiger partial charge >= 0.3 is 12.1 Å². The minimum Gasteiger partial charge on any atom is -0.350 e. The molecule has 100 valence electrons. The molecule has 10 heteroatoms. The number of anilines is 2. The highest BCUT2D eigenvalue weighted by molar-refractivity contribution is 6.01. The number of carbonyl (C=O) groups excluding carboxylic acids is 2. The lowest BCUT2D eigenvalue weighted by Crippen LogP contribution is -2.42. The van der Waals surface area contributed by atoms with E-state index in [0.717, 1.165) is 5.01 Å². The Morgan fingerprint density at radius 3 is 2.32 bits per heavy atom. The van der Waals surface area contributed by atoms with E-state index in [4.69, 9.17) is 23.2 Å². The lowest BCUT2D eigenvalue weighted by Gasteiger charge is -2.14. The quantitative estimate of drug-likeness (QED) is 0.267. The molecule has 2 aromatic rings. The number of rotatable bonds is 2. The number of nitrogens with zero attached hydrogens (tertiary/aromatic N) is 3. The minimum absolute atomic E-state index is 0.113. The van der Waals surface area contributed by atoms with Gasteiger partial charge in [0.25, 0.3) is 0 Å². The van der Waals surface area contributed by atoms with Crippen molar-refractivity contribution in [1.82, 2.24) is 10.2 Å². The number of nitrogens with two attached hydrogens (primary N) is 4. The van der Waals surface area contributed by atoms with Crippen LogP contribution < -0.4 is 33.2 Å². The molecule has 10 nitrogen and oxygen atoms in total. The van der Waals surface area contributed by atoms with Gasteiger partial charge in [0.05, 0.1) is 11.2 Å². The zero-order valence-electron chi connectivity index (χ0n) is 9.70. The Hall–Kier alpha value is -2.85. The number of carbonyl (C=O) groups is 2. The Kier molecular flexibility index (Phi) is 2.94. The highest BCUT2D eigenvalue weighted by Gasteiger charge is 2.17. The number of primary amides is 2. The Morgan fingerprint density at radius 1 is 1.11 bits per heavy atom. The van der Waals surface area contributed by atoms with Crippen molar-refractivity contribution in [3.8, 4) is 0 Å². The molecule has 0 spiro atoms. The van der Waals surface area contributed by atoms with Crippen LogP contribution in [0.2, 0.25) is 0 Å². The summed E-state index contributed by atoms with van der Waals surface area (Å²) in [5, 5.41) is 8.42. The van der Waals surface area contributed by atoms with Gasteiger partial charge in [0.2, 0.25) is 0 Å². The lowest BCUT2D eigenvalue weighted by atomic mass is 10.2. The van der Waals surface area contributed by atoms with E-state index >= 15 is 0 Å². The van der Waals surface area contributed by atoms with Gasteiger partial charge in [-0.15, -0.1) is 0 Å². The highest BCUT2D eigenvalue weighted by atomic mass is 16.2. The van der Waals surface area contributed by atoms with Crippen LogP contribution in [0, 0.1) is 0 Å². The van der Waals surface area contributed by atoms with Gasteiger partial charge in [-0.2, -0.15) is 5.10 Å². The van der Waals surface area contributed by atoms with Gasteiger partial charge in [0.15, 0.2) is 5.82 Å². The molecule has 0 aliphatic carbocycles. The summed E-state index contributed by atoms with van der Waals surface area (Å²) >= 11 is 0. The fourth-order valence-electron chi connectivity index (χ4n) is 1.55. The summed E-state index contributed by atoms with van der Waals surface area (Å²) in [6, 6.07) is 2.96. The number of nitrogens with one attached hydrogen (secondary N) is 1. The second-order valence-corrected chi connectivity index (χ2v) is 3.69. The van der Waals surface area contributed by atoms with E-state index in [1.54, 1.807) is 12.1 Å². The molecule has 2 rings (SSSR count). The number of H-pyrrole nitrogens is 1. The van der Waals surface area contributed by atoms with E-state index < -0.39 is 12.1 Å².